The molecule has 4 rings (SSSR count). The minimum absolute atomic E-state index is 0.00794. The summed E-state index contributed by atoms with van der Waals surface area (Å²) in [6.45, 7) is 0. The molecule has 2 unspecified atom stereocenters. The topological polar surface area (TPSA) is 52.3 Å². The molecule has 0 spiro atoms. The zero-order chi connectivity index (χ0) is 10.7. The molecule has 4 saturated carbocycles. The fourth-order valence-corrected chi connectivity index (χ4v) is 4.79. The first-order valence-electron chi connectivity index (χ1n) is 5.93. The van der Waals surface area contributed by atoms with Crippen LogP contribution in [-0.2, 0) is 9.53 Å². The Morgan fingerprint density at radius 1 is 1.27 bits per heavy atom. The molecule has 15 heavy (non-hydrogen) atoms. The van der Waals surface area contributed by atoms with Crippen molar-refractivity contribution in [3.63, 3.8) is 0 Å². The number of rotatable bonds is 1. The molecule has 0 aromatic carbocycles. The average Bonchev–Trinajstić information content (AvgIpc) is 2.12. The van der Waals surface area contributed by atoms with Gasteiger partial charge in [-0.25, -0.2) is 0 Å². The summed E-state index contributed by atoms with van der Waals surface area (Å²) in [4.78, 5) is 11.9. The summed E-state index contributed by atoms with van der Waals surface area (Å²) in [5.74, 6) is 1.34. The van der Waals surface area contributed by atoms with E-state index < -0.39 is 0 Å². The lowest BCUT2D eigenvalue weighted by Gasteiger charge is -2.59. The molecule has 0 aromatic rings. The minimum Gasteiger partial charge on any atom is -0.469 e. The van der Waals surface area contributed by atoms with Crippen molar-refractivity contribution in [3.05, 3.63) is 0 Å². The van der Waals surface area contributed by atoms with Crippen LogP contribution in [0.5, 0.6) is 0 Å². The molecular weight excluding hydrogens is 190 g/mol. The summed E-state index contributed by atoms with van der Waals surface area (Å²) in [6.07, 6.45) is 6.45. The summed E-state index contributed by atoms with van der Waals surface area (Å²) in [5, 5.41) is 0. The van der Waals surface area contributed by atoms with Gasteiger partial charge in [0.1, 0.15) is 0 Å². The molecule has 0 amide bonds. The molecule has 0 aliphatic heterocycles. The van der Waals surface area contributed by atoms with Crippen LogP contribution in [0.3, 0.4) is 0 Å². The van der Waals surface area contributed by atoms with Crippen LogP contribution in [0.15, 0.2) is 0 Å². The number of hydrogen-bond donors (Lipinski definition) is 1. The summed E-state index contributed by atoms with van der Waals surface area (Å²) in [5.41, 5.74) is 6.12. The van der Waals surface area contributed by atoms with E-state index in [2.05, 4.69) is 0 Å². The molecule has 4 bridgehead atoms. The highest BCUT2D eigenvalue weighted by Gasteiger charge is 2.59. The molecule has 4 aliphatic rings. The monoisotopic (exact) mass is 209 g/mol. The maximum Gasteiger partial charge on any atom is 0.311 e. The van der Waals surface area contributed by atoms with Crippen LogP contribution >= 0.6 is 0 Å². The van der Waals surface area contributed by atoms with Gasteiger partial charge < -0.3 is 10.5 Å². The molecule has 0 heterocycles. The number of ether oxygens (including phenoxy) is 1. The van der Waals surface area contributed by atoms with Crippen molar-refractivity contribution < 1.29 is 9.53 Å². The van der Waals surface area contributed by atoms with Crippen molar-refractivity contribution in [2.45, 2.75) is 44.1 Å². The van der Waals surface area contributed by atoms with Crippen molar-refractivity contribution in [3.8, 4) is 0 Å². The van der Waals surface area contributed by atoms with Crippen LogP contribution < -0.4 is 5.73 Å². The Kier molecular flexibility index (Phi) is 1.77. The summed E-state index contributed by atoms with van der Waals surface area (Å²) >= 11 is 0. The third-order valence-electron chi connectivity index (χ3n) is 4.72. The number of hydrogen-bond acceptors (Lipinski definition) is 3. The van der Waals surface area contributed by atoms with Gasteiger partial charge in [-0.2, -0.15) is 0 Å². The number of carbonyl (C=O) groups excluding carboxylic acids is 1. The zero-order valence-corrected chi connectivity index (χ0v) is 9.29. The van der Waals surface area contributed by atoms with Gasteiger partial charge in [0, 0.05) is 5.54 Å². The molecule has 84 valence electrons. The lowest BCUT2D eigenvalue weighted by molar-refractivity contribution is -0.170. The average molecular weight is 209 g/mol. The highest BCUT2D eigenvalue weighted by molar-refractivity contribution is 5.77. The maximum absolute atomic E-state index is 11.9. The Labute approximate surface area is 90.4 Å². The van der Waals surface area contributed by atoms with Crippen LogP contribution in [0.1, 0.15) is 38.5 Å². The van der Waals surface area contributed by atoms with E-state index in [-0.39, 0.29) is 16.9 Å². The van der Waals surface area contributed by atoms with Gasteiger partial charge in [-0.3, -0.25) is 4.79 Å². The van der Waals surface area contributed by atoms with E-state index in [4.69, 9.17) is 10.5 Å². The molecule has 0 radical (unpaired) electrons. The van der Waals surface area contributed by atoms with Gasteiger partial charge in [0.2, 0.25) is 0 Å². The Morgan fingerprint density at radius 2 is 1.87 bits per heavy atom. The van der Waals surface area contributed by atoms with E-state index in [1.807, 2.05) is 0 Å². The van der Waals surface area contributed by atoms with Crippen LogP contribution in [0.2, 0.25) is 0 Å². The smallest absolute Gasteiger partial charge is 0.311 e. The Morgan fingerprint density at radius 3 is 2.33 bits per heavy atom. The molecule has 0 saturated heterocycles. The number of nitrogens with two attached hydrogens (primary N) is 1. The first kappa shape index (κ1) is 9.64. The first-order valence-corrected chi connectivity index (χ1v) is 5.93. The SMILES string of the molecule is COC(=O)C12C[C@@H]3C[C@@H](CC(N)(C3)C1)C2. The molecule has 4 aliphatic carbocycles. The van der Waals surface area contributed by atoms with Gasteiger partial charge >= 0.3 is 5.97 Å². The second-order valence-corrected chi connectivity index (χ2v) is 6.10. The Hall–Kier alpha value is -0.570. The summed E-state index contributed by atoms with van der Waals surface area (Å²) in [7, 11) is 1.50. The van der Waals surface area contributed by atoms with Gasteiger partial charge in [-0.15, -0.1) is 0 Å². The second kappa shape index (κ2) is 2.76. The lowest BCUT2D eigenvalue weighted by atomic mass is 9.47. The standard InChI is InChI=1S/C12H19NO2/c1-15-10(14)11-3-8-2-9(4-11)6-12(13,5-8)7-11/h8-9H,2-7,13H2,1H3/t8-,9+,11?,12?. The zero-order valence-electron chi connectivity index (χ0n) is 9.29. The number of carbonyl (C=O) groups is 1. The van der Waals surface area contributed by atoms with Gasteiger partial charge in [-0.05, 0) is 50.4 Å². The minimum atomic E-state index is -0.215. The molecule has 4 fully saturated rings. The maximum atomic E-state index is 11.9. The summed E-state index contributed by atoms with van der Waals surface area (Å²) in [6, 6.07) is 0. The highest BCUT2D eigenvalue weighted by Crippen LogP contribution is 2.61. The van der Waals surface area contributed by atoms with E-state index in [0.717, 1.165) is 32.1 Å². The number of methoxy groups -OCH3 is 1. The predicted octanol–water partition coefficient (Wildman–Crippen LogP) is 1.46. The third kappa shape index (κ3) is 1.25. The van der Waals surface area contributed by atoms with Gasteiger partial charge in [0.25, 0.3) is 0 Å². The van der Waals surface area contributed by atoms with Gasteiger partial charge in [-0.1, -0.05) is 0 Å². The second-order valence-electron chi connectivity index (χ2n) is 6.10. The van der Waals surface area contributed by atoms with Gasteiger partial charge in [0.05, 0.1) is 12.5 Å². The normalized spacial score (nSPS) is 51.9. The molecule has 4 atom stereocenters. The molecule has 2 N–H and O–H groups in total. The van der Waals surface area contributed by atoms with Crippen molar-refractivity contribution in [1.29, 1.82) is 0 Å². The highest BCUT2D eigenvalue weighted by atomic mass is 16.5. The van der Waals surface area contributed by atoms with E-state index in [9.17, 15) is 4.79 Å². The third-order valence-corrected chi connectivity index (χ3v) is 4.72. The van der Waals surface area contributed by atoms with Crippen molar-refractivity contribution >= 4 is 5.97 Å². The molecule has 3 nitrogen and oxygen atoms in total. The predicted molar refractivity (Wildman–Crippen MR) is 56.0 cm³/mol. The van der Waals surface area contributed by atoms with E-state index >= 15 is 0 Å². The van der Waals surface area contributed by atoms with Crippen LogP contribution in [0.4, 0.5) is 0 Å². The van der Waals surface area contributed by atoms with E-state index in [0.29, 0.717) is 11.8 Å². The molecule has 3 heteroatoms. The molecular formula is C12H19NO2. The van der Waals surface area contributed by atoms with E-state index in [1.165, 1.54) is 13.5 Å². The fourth-order valence-electron chi connectivity index (χ4n) is 4.79. The van der Waals surface area contributed by atoms with Gasteiger partial charge in [0.15, 0.2) is 0 Å². The van der Waals surface area contributed by atoms with E-state index in [1.54, 1.807) is 0 Å². The van der Waals surface area contributed by atoms with Crippen molar-refractivity contribution in [2.24, 2.45) is 23.0 Å². The van der Waals surface area contributed by atoms with Crippen molar-refractivity contribution in [2.75, 3.05) is 7.11 Å². The lowest BCUT2D eigenvalue weighted by Crippen LogP contribution is -2.62. The number of esters is 1. The summed E-state index contributed by atoms with van der Waals surface area (Å²) < 4.78 is 4.99. The van der Waals surface area contributed by atoms with Crippen molar-refractivity contribution in [1.82, 2.24) is 0 Å². The van der Waals surface area contributed by atoms with Crippen LogP contribution in [-0.4, -0.2) is 18.6 Å². The Balaban J connectivity index is 1.96. The first-order chi connectivity index (χ1) is 7.05. The molecule has 0 aromatic heterocycles. The van der Waals surface area contributed by atoms with Crippen LogP contribution in [0, 0.1) is 17.3 Å². The Bertz CT molecular complexity index is 299. The quantitative estimate of drug-likeness (QED) is 0.665. The fraction of sp³-hybridized carbons (Fsp3) is 0.917. The largest absolute Gasteiger partial charge is 0.469 e. The van der Waals surface area contributed by atoms with Crippen LogP contribution in [0.25, 0.3) is 0 Å².